The minimum atomic E-state index is -3.33. The lowest BCUT2D eigenvalue weighted by Crippen LogP contribution is -2.09. The van der Waals surface area contributed by atoms with Crippen molar-refractivity contribution in [1.29, 1.82) is 0 Å². The van der Waals surface area contributed by atoms with Crippen molar-refractivity contribution in [3.05, 3.63) is 78.4 Å². The summed E-state index contributed by atoms with van der Waals surface area (Å²) in [7, 11) is -3.33. The van der Waals surface area contributed by atoms with E-state index in [4.69, 9.17) is 9.84 Å². The van der Waals surface area contributed by atoms with Crippen molar-refractivity contribution in [2.24, 2.45) is 0 Å². The molecule has 2 N–H and O–H groups in total. The molecule has 0 saturated carbocycles. The van der Waals surface area contributed by atoms with E-state index in [2.05, 4.69) is 4.72 Å². The van der Waals surface area contributed by atoms with Crippen molar-refractivity contribution in [3.63, 3.8) is 0 Å². The van der Waals surface area contributed by atoms with Crippen molar-refractivity contribution in [3.8, 4) is 22.6 Å². The summed E-state index contributed by atoms with van der Waals surface area (Å²) < 4.78 is 30.9. The highest BCUT2D eigenvalue weighted by atomic mass is 32.2. The summed E-state index contributed by atoms with van der Waals surface area (Å²) in [6, 6.07) is 20.5. The van der Waals surface area contributed by atoms with Crippen LogP contribution in [-0.4, -0.2) is 25.7 Å². The van der Waals surface area contributed by atoms with Gasteiger partial charge in [0.25, 0.3) is 0 Å². The van der Waals surface area contributed by atoms with Gasteiger partial charge in [-0.05, 0) is 59.7 Å². The summed E-state index contributed by atoms with van der Waals surface area (Å²) in [4.78, 5) is 10.9. The molecule has 138 valence electrons. The molecule has 3 aromatic rings. The molecule has 0 aliphatic rings. The van der Waals surface area contributed by atoms with Crippen LogP contribution in [0.5, 0.6) is 11.5 Å². The smallest absolute Gasteiger partial charge is 0.335 e. The number of benzene rings is 3. The van der Waals surface area contributed by atoms with Gasteiger partial charge in [-0.1, -0.05) is 24.3 Å². The Morgan fingerprint density at radius 1 is 0.889 bits per heavy atom. The van der Waals surface area contributed by atoms with Crippen LogP contribution >= 0.6 is 0 Å². The van der Waals surface area contributed by atoms with Crippen molar-refractivity contribution in [1.82, 2.24) is 0 Å². The third kappa shape index (κ3) is 5.08. The highest BCUT2D eigenvalue weighted by Gasteiger charge is 2.06. The molecule has 0 aliphatic heterocycles. The van der Waals surface area contributed by atoms with Gasteiger partial charge in [0.1, 0.15) is 11.5 Å². The van der Waals surface area contributed by atoms with Crippen LogP contribution in [0.4, 0.5) is 5.69 Å². The molecule has 0 fully saturated rings. The van der Waals surface area contributed by atoms with Crippen LogP contribution < -0.4 is 9.46 Å². The number of sulfonamides is 1. The van der Waals surface area contributed by atoms with E-state index >= 15 is 0 Å². The predicted octanol–water partition coefficient (Wildman–Crippen LogP) is 4.22. The number of ether oxygens (including phenoxy) is 1. The van der Waals surface area contributed by atoms with Gasteiger partial charge in [-0.3, -0.25) is 4.72 Å². The molecule has 0 unspecified atom stereocenters. The molecule has 3 aromatic carbocycles. The lowest BCUT2D eigenvalue weighted by Gasteiger charge is -2.09. The standard InChI is InChI=1S/C20H17NO5S/c1-27(24,25)21-17-4-2-3-16(13-17)14-5-9-18(10-6-14)26-19-11-7-15(8-12-19)20(22)23/h2-13,21H,1H3,(H,22,23). The van der Waals surface area contributed by atoms with Gasteiger partial charge in [0.2, 0.25) is 10.0 Å². The maximum atomic E-state index is 11.4. The summed E-state index contributed by atoms with van der Waals surface area (Å²) in [6.45, 7) is 0. The van der Waals surface area contributed by atoms with Gasteiger partial charge >= 0.3 is 5.97 Å². The first-order valence-electron chi connectivity index (χ1n) is 8.00. The highest BCUT2D eigenvalue weighted by molar-refractivity contribution is 7.92. The van der Waals surface area contributed by atoms with Crippen LogP contribution in [0.1, 0.15) is 10.4 Å². The summed E-state index contributed by atoms with van der Waals surface area (Å²) in [5, 5.41) is 8.91. The van der Waals surface area contributed by atoms with Gasteiger partial charge in [0, 0.05) is 5.69 Å². The Morgan fingerprint density at radius 2 is 1.48 bits per heavy atom. The normalized spacial score (nSPS) is 11.0. The van der Waals surface area contributed by atoms with E-state index in [0.717, 1.165) is 17.4 Å². The summed E-state index contributed by atoms with van der Waals surface area (Å²) in [5.74, 6) is 0.151. The van der Waals surface area contributed by atoms with Crippen molar-refractivity contribution < 1.29 is 23.1 Å². The molecule has 0 heterocycles. The fraction of sp³-hybridized carbons (Fsp3) is 0.0500. The van der Waals surface area contributed by atoms with Crippen LogP contribution in [0, 0.1) is 0 Å². The molecule has 3 rings (SSSR count). The number of aromatic carboxylic acids is 1. The molecule has 0 radical (unpaired) electrons. The van der Waals surface area contributed by atoms with Gasteiger partial charge in [-0.25, -0.2) is 13.2 Å². The molecule has 0 bridgehead atoms. The Labute approximate surface area is 157 Å². The number of nitrogens with one attached hydrogen (secondary N) is 1. The second kappa shape index (κ2) is 7.51. The van der Waals surface area contributed by atoms with Crippen molar-refractivity contribution in [2.45, 2.75) is 0 Å². The molecule has 0 saturated heterocycles. The van der Waals surface area contributed by atoms with E-state index in [1.807, 2.05) is 18.2 Å². The van der Waals surface area contributed by atoms with Gasteiger partial charge in [0.05, 0.1) is 11.8 Å². The van der Waals surface area contributed by atoms with E-state index in [-0.39, 0.29) is 5.56 Å². The maximum Gasteiger partial charge on any atom is 0.335 e. The van der Waals surface area contributed by atoms with E-state index in [1.54, 1.807) is 42.5 Å². The first kappa shape index (κ1) is 18.5. The van der Waals surface area contributed by atoms with Gasteiger partial charge in [0.15, 0.2) is 0 Å². The molecule has 0 amide bonds. The zero-order valence-corrected chi connectivity index (χ0v) is 15.2. The summed E-state index contributed by atoms with van der Waals surface area (Å²) in [6.07, 6.45) is 1.11. The monoisotopic (exact) mass is 383 g/mol. The fourth-order valence-electron chi connectivity index (χ4n) is 2.49. The second-order valence-electron chi connectivity index (χ2n) is 5.91. The van der Waals surface area contributed by atoms with Gasteiger partial charge in [-0.2, -0.15) is 0 Å². The average molecular weight is 383 g/mol. The van der Waals surface area contributed by atoms with Gasteiger partial charge in [-0.15, -0.1) is 0 Å². The Bertz CT molecular complexity index is 1060. The number of carboxylic acid groups (broad SMARTS) is 1. The van der Waals surface area contributed by atoms with Crippen LogP contribution in [0.2, 0.25) is 0 Å². The summed E-state index contributed by atoms with van der Waals surface area (Å²) >= 11 is 0. The van der Waals surface area contributed by atoms with Crippen LogP contribution in [-0.2, 0) is 10.0 Å². The molecular formula is C20H17NO5S. The molecule has 0 atom stereocenters. The third-order valence-electron chi connectivity index (χ3n) is 3.69. The molecule has 0 aliphatic carbocycles. The zero-order valence-electron chi connectivity index (χ0n) is 14.4. The molecule has 6 nitrogen and oxygen atoms in total. The number of rotatable bonds is 6. The Kier molecular flexibility index (Phi) is 5.14. The van der Waals surface area contributed by atoms with Crippen molar-refractivity contribution >= 4 is 21.7 Å². The maximum absolute atomic E-state index is 11.4. The number of hydrogen-bond donors (Lipinski definition) is 2. The number of anilines is 1. The van der Waals surface area contributed by atoms with E-state index in [9.17, 15) is 13.2 Å². The highest BCUT2D eigenvalue weighted by Crippen LogP contribution is 2.27. The third-order valence-corrected chi connectivity index (χ3v) is 4.30. The Hall–Kier alpha value is -3.32. The van der Waals surface area contributed by atoms with Gasteiger partial charge < -0.3 is 9.84 Å². The largest absolute Gasteiger partial charge is 0.478 e. The topological polar surface area (TPSA) is 92.7 Å². The van der Waals surface area contributed by atoms with Crippen LogP contribution in [0.25, 0.3) is 11.1 Å². The van der Waals surface area contributed by atoms with Crippen LogP contribution in [0.15, 0.2) is 72.8 Å². The minimum absolute atomic E-state index is 0.195. The minimum Gasteiger partial charge on any atom is -0.478 e. The Morgan fingerprint density at radius 3 is 2.04 bits per heavy atom. The van der Waals surface area contributed by atoms with Crippen LogP contribution in [0.3, 0.4) is 0 Å². The van der Waals surface area contributed by atoms with E-state index in [1.165, 1.54) is 12.1 Å². The number of carbonyl (C=O) groups is 1. The molecule has 27 heavy (non-hydrogen) atoms. The van der Waals surface area contributed by atoms with E-state index in [0.29, 0.717) is 17.2 Å². The molecular weight excluding hydrogens is 366 g/mol. The average Bonchev–Trinajstić information content (AvgIpc) is 2.61. The molecule has 7 heteroatoms. The SMILES string of the molecule is CS(=O)(=O)Nc1cccc(-c2ccc(Oc3ccc(C(=O)O)cc3)cc2)c1. The quantitative estimate of drug-likeness (QED) is 0.665. The zero-order chi connectivity index (χ0) is 19.4. The lowest BCUT2D eigenvalue weighted by molar-refractivity contribution is 0.0697. The summed E-state index contributed by atoms with van der Waals surface area (Å²) in [5.41, 5.74) is 2.45. The second-order valence-corrected chi connectivity index (χ2v) is 7.66. The number of hydrogen-bond acceptors (Lipinski definition) is 4. The predicted molar refractivity (Wildman–Crippen MR) is 104 cm³/mol. The fourth-order valence-corrected chi connectivity index (χ4v) is 3.05. The first-order chi connectivity index (χ1) is 12.8. The van der Waals surface area contributed by atoms with Crippen molar-refractivity contribution in [2.75, 3.05) is 11.0 Å². The number of carboxylic acids is 1. The Balaban J connectivity index is 1.75. The first-order valence-corrected chi connectivity index (χ1v) is 9.89. The molecule has 0 aromatic heterocycles. The van der Waals surface area contributed by atoms with E-state index < -0.39 is 16.0 Å². The lowest BCUT2D eigenvalue weighted by atomic mass is 10.1. The molecule has 0 spiro atoms.